The van der Waals surface area contributed by atoms with E-state index in [4.69, 9.17) is 0 Å². The zero-order valence-corrected chi connectivity index (χ0v) is 21.3. The summed E-state index contributed by atoms with van der Waals surface area (Å²) in [6.07, 6.45) is 7.19. The van der Waals surface area contributed by atoms with Gasteiger partial charge in [0, 0.05) is 29.2 Å². The molecular weight excluding hydrogens is 498 g/mol. The summed E-state index contributed by atoms with van der Waals surface area (Å²) >= 11 is 0. The lowest BCUT2D eigenvalue weighted by atomic mass is 10.1. The molecular formula is C29H24F2N8. The number of aromatic amines is 2. The molecule has 0 spiro atoms. The number of aromatic nitrogens is 7. The Morgan fingerprint density at radius 3 is 2.62 bits per heavy atom. The predicted molar refractivity (Wildman–Crippen MR) is 148 cm³/mol. The molecule has 0 saturated carbocycles. The first kappa shape index (κ1) is 24.4. The van der Waals surface area contributed by atoms with E-state index in [9.17, 15) is 4.39 Å². The molecule has 39 heavy (non-hydrogen) atoms. The minimum atomic E-state index is -0.552. The molecule has 0 aliphatic rings. The van der Waals surface area contributed by atoms with E-state index in [1.807, 2.05) is 6.07 Å². The van der Waals surface area contributed by atoms with Crippen LogP contribution < -0.4 is 5.32 Å². The van der Waals surface area contributed by atoms with Crippen molar-refractivity contribution >= 4 is 27.8 Å². The van der Waals surface area contributed by atoms with Gasteiger partial charge in [0.2, 0.25) is 0 Å². The number of fused-ring (bicyclic) bond motifs is 2. The number of nitrogens with one attached hydrogen (secondary N) is 3. The normalized spacial score (nSPS) is 11.5. The van der Waals surface area contributed by atoms with Crippen LogP contribution in [0.15, 0.2) is 73.5 Å². The fourth-order valence-electron chi connectivity index (χ4n) is 4.63. The summed E-state index contributed by atoms with van der Waals surface area (Å²) in [5.41, 5.74) is 5.55. The van der Waals surface area contributed by atoms with Crippen molar-refractivity contribution in [2.75, 3.05) is 5.32 Å². The molecule has 8 nitrogen and oxygen atoms in total. The minimum Gasteiger partial charge on any atom is -0.358 e. The van der Waals surface area contributed by atoms with Gasteiger partial charge in [-0.25, -0.2) is 18.7 Å². The van der Waals surface area contributed by atoms with E-state index < -0.39 is 5.82 Å². The van der Waals surface area contributed by atoms with Crippen LogP contribution in [0.1, 0.15) is 20.3 Å². The number of rotatable bonds is 7. The van der Waals surface area contributed by atoms with E-state index in [-0.39, 0.29) is 16.9 Å². The van der Waals surface area contributed by atoms with E-state index in [0.717, 1.165) is 23.2 Å². The highest BCUT2D eigenvalue weighted by Crippen LogP contribution is 2.34. The highest BCUT2D eigenvalue weighted by atomic mass is 19.1. The van der Waals surface area contributed by atoms with Crippen LogP contribution >= 0.6 is 0 Å². The summed E-state index contributed by atoms with van der Waals surface area (Å²) in [4.78, 5) is 20.8. The van der Waals surface area contributed by atoms with Crippen molar-refractivity contribution in [2.24, 2.45) is 5.92 Å². The lowest BCUT2D eigenvalue weighted by Crippen LogP contribution is -2.02. The van der Waals surface area contributed by atoms with Gasteiger partial charge in [-0.1, -0.05) is 32.6 Å². The Kier molecular flexibility index (Phi) is 6.07. The van der Waals surface area contributed by atoms with Crippen LogP contribution in [0.5, 0.6) is 0 Å². The Labute approximate surface area is 222 Å². The zero-order valence-electron chi connectivity index (χ0n) is 21.3. The third-order valence-corrected chi connectivity index (χ3v) is 6.30. The molecule has 0 unspecified atom stereocenters. The first-order chi connectivity index (χ1) is 18.9. The molecule has 0 radical (unpaired) electrons. The van der Waals surface area contributed by atoms with Gasteiger partial charge >= 0.3 is 0 Å². The largest absolute Gasteiger partial charge is 0.358 e. The number of H-pyrrole nitrogens is 2. The standard InChI is InChI=1S/C29H24F2N8/c1-15(2)10-16(3)35-20-11-18(12-32-13-20)25-24(31)23-22(14-34-25)38-39-27(23)29-36-26-21(8-9-33-28(26)37-29)17-4-6-19(30)7-5-17/h4-9,11-15,35H,3,10H2,1-2H3,(H,38,39)(H,33,36,37). The number of nitrogens with zero attached hydrogens (tertiary/aromatic N) is 5. The van der Waals surface area contributed by atoms with Crippen molar-refractivity contribution < 1.29 is 8.78 Å². The molecule has 0 saturated heterocycles. The maximum atomic E-state index is 16.1. The van der Waals surface area contributed by atoms with Gasteiger partial charge in [-0.15, -0.1) is 0 Å². The topological polar surface area (TPSA) is 108 Å². The predicted octanol–water partition coefficient (Wildman–Crippen LogP) is 6.88. The summed E-state index contributed by atoms with van der Waals surface area (Å²) in [6, 6.07) is 9.75. The monoisotopic (exact) mass is 522 g/mol. The molecule has 3 N–H and O–H groups in total. The quantitative estimate of drug-likeness (QED) is 0.211. The van der Waals surface area contributed by atoms with Gasteiger partial charge in [-0.2, -0.15) is 5.10 Å². The summed E-state index contributed by atoms with van der Waals surface area (Å²) in [5, 5.41) is 10.7. The molecule has 0 fully saturated rings. The zero-order chi connectivity index (χ0) is 27.1. The van der Waals surface area contributed by atoms with Gasteiger partial charge in [0.05, 0.1) is 34.5 Å². The van der Waals surface area contributed by atoms with Crippen LogP contribution in [0.4, 0.5) is 14.5 Å². The van der Waals surface area contributed by atoms with Crippen molar-refractivity contribution in [3.05, 3.63) is 85.1 Å². The van der Waals surface area contributed by atoms with Gasteiger partial charge in [-0.05, 0) is 42.2 Å². The van der Waals surface area contributed by atoms with Crippen molar-refractivity contribution in [3.63, 3.8) is 0 Å². The summed E-state index contributed by atoms with van der Waals surface area (Å²) in [7, 11) is 0. The average Bonchev–Trinajstić information content (AvgIpc) is 3.54. The van der Waals surface area contributed by atoms with Crippen LogP contribution in [0.25, 0.3) is 56.0 Å². The van der Waals surface area contributed by atoms with Gasteiger partial charge in [-0.3, -0.25) is 15.1 Å². The molecule has 0 amide bonds. The van der Waals surface area contributed by atoms with Crippen LogP contribution in [0.2, 0.25) is 0 Å². The maximum absolute atomic E-state index is 16.1. The number of halogens is 2. The third-order valence-electron chi connectivity index (χ3n) is 6.30. The van der Waals surface area contributed by atoms with Crippen molar-refractivity contribution in [1.82, 2.24) is 35.1 Å². The molecule has 6 aromatic rings. The van der Waals surface area contributed by atoms with E-state index in [1.54, 1.807) is 36.8 Å². The molecule has 10 heteroatoms. The second-order valence-corrected chi connectivity index (χ2v) is 9.72. The fourth-order valence-corrected chi connectivity index (χ4v) is 4.63. The van der Waals surface area contributed by atoms with E-state index in [2.05, 4.69) is 60.9 Å². The Morgan fingerprint density at radius 1 is 1.00 bits per heavy atom. The van der Waals surface area contributed by atoms with Crippen LogP contribution in [0.3, 0.4) is 0 Å². The van der Waals surface area contributed by atoms with Gasteiger partial charge < -0.3 is 10.3 Å². The van der Waals surface area contributed by atoms with Gasteiger partial charge in [0.15, 0.2) is 17.3 Å². The Hall–Kier alpha value is -4.99. The first-order valence-electron chi connectivity index (χ1n) is 12.4. The summed E-state index contributed by atoms with van der Waals surface area (Å²) in [5.74, 6) is -0.0899. The first-order valence-corrected chi connectivity index (χ1v) is 12.4. The lowest BCUT2D eigenvalue weighted by molar-refractivity contribution is 0.628. The van der Waals surface area contributed by atoms with Crippen molar-refractivity contribution in [3.8, 4) is 33.9 Å². The SMILES string of the molecule is C=C(CC(C)C)Nc1cncc(-c2ncc3[nH]nc(-c4nc5nccc(-c6ccc(F)cc6)c5[nH]4)c3c2F)c1. The fraction of sp³-hybridized carbons (Fsp3) is 0.138. The van der Waals surface area contributed by atoms with E-state index >= 15 is 4.39 Å². The molecule has 0 atom stereocenters. The van der Waals surface area contributed by atoms with Crippen molar-refractivity contribution in [2.45, 2.75) is 20.3 Å². The molecule has 5 heterocycles. The number of benzene rings is 1. The maximum Gasteiger partial charge on any atom is 0.178 e. The molecule has 5 aromatic heterocycles. The molecule has 0 bridgehead atoms. The highest BCUT2D eigenvalue weighted by molar-refractivity contribution is 5.97. The molecule has 6 rings (SSSR count). The second-order valence-electron chi connectivity index (χ2n) is 9.72. The molecule has 194 valence electrons. The van der Waals surface area contributed by atoms with Crippen molar-refractivity contribution in [1.29, 1.82) is 0 Å². The molecule has 0 aliphatic carbocycles. The van der Waals surface area contributed by atoms with Crippen LogP contribution in [0, 0.1) is 17.6 Å². The van der Waals surface area contributed by atoms with Crippen LogP contribution in [-0.4, -0.2) is 35.1 Å². The lowest BCUT2D eigenvalue weighted by Gasteiger charge is -2.12. The average molecular weight is 523 g/mol. The summed E-state index contributed by atoms with van der Waals surface area (Å²) in [6.45, 7) is 8.29. The number of hydrogen-bond acceptors (Lipinski definition) is 6. The Morgan fingerprint density at radius 2 is 1.82 bits per heavy atom. The Balaban J connectivity index is 1.41. The minimum absolute atomic E-state index is 0.136. The number of anilines is 1. The molecule has 1 aromatic carbocycles. The smallest absolute Gasteiger partial charge is 0.178 e. The van der Waals surface area contributed by atoms with Gasteiger partial charge in [0.1, 0.15) is 17.2 Å². The van der Waals surface area contributed by atoms with Gasteiger partial charge in [0.25, 0.3) is 0 Å². The third kappa shape index (κ3) is 4.61. The summed E-state index contributed by atoms with van der Waals surface area (Å²) < 4.78 is 29.5. The van der Waals surface area contributed by atoms with Crippen LogP contribution in [-0.2, 0) is 0 Å². The number of imidazole rings is 1. The number of pyridine rings is 3. The number of hydrogen-bond donors (Lipinski definition) is 3. The van der Waals surface area contributed by atoms with E-state index in [1.165, 1.54) is 18.3 Å². The number of allylic oxidation sites excluding steroid dienone is 1. The highest BCUT2D eigenvalue weighted by Gasteiger charge is 2.21. The second kappa shape index (κ2) is 9.71. The van der Waals surface area contributed by atoms with E-state index in [0.29, 0.717) is 45.4 Å². The Bertz CT molecular complexity index is 1840. The molecule has 0 aliphatic heterocycles.